The lowest BCUT2D eigenvalue weighted by Gasteiger charge is -2.20. The van der Waals surface area contributed by atoms with Crippen LogP contribution >= 0.6 is 23.1 Å². The Labute approximate surface area is 172 Å². The first kappa shape index (κ1) is 20.9. The number of sulfonamides is 1. The lowest BCUT2D eigenvalue weighted by molar-refractivity contribution is -0.117. The van der Waals surface area contributed by atoms with Crippen molar-refractivity contribution in [2.75, 3.05) is 30.5 Å². The Morgan fingerprint density at radius 1 is 1.32 bits per heavy atom. The van der Waals surface area contributed by atoms with E-state index in [4.69, 9.17) is 9.47 Å². The van der Waals surface area contributed by atoms with Crippen LogP contribution in [0, 0.1) is 6.92 Å². The lowest BCUT2D eigenvalue weighted by atomic mass is 10.2. The summed E-state index contributed by atoms with van der Waals surface area (Å²) in [6, 6.07) is 3.47. The topological polar surface area (TPSA) is 107 Å². The van der Waals surface area contributed by atoms with E-state index in [0.29, 0.717) is 42.0 Å². The van der Waals surface area contributed by atoms with Gasteiger partial charge in [-0.25, -0.2) is 13.4 Å². The van der Waals surface area contributed by atoms with E-state index in [1.807, 2.05) is 13.2 Å². The van der Waals surface area contributed by atoms with Crippen LogP contribution in [0.25, 0.3) is 0 Å². The van der Waals surface area contributed by atoms with Gasteiger partial charge in [-0.1, -0.05) is 0 Å². The average Bonchev–Trinajstić information content (AvgIpc) is 3.09. The quantitative estimate of drug-likeness (QED) is 0.644. The van der Waals surface area contributed by atoms with Crippen LogP contribution in [0.4, 0.5) is 5.13 Å². The first-order valence-electron chi connectivity index (χ1n) is 8.53. The van der Waals surface area contributed by atoms with Gasteiger partial charge in [0.1, 0.15) is 19.3 Å². The van der Waals surface area contributed by atoms with E-state index in [9.17, 15) is 13.2 Å². The number of ether oxygens (including phenoxy) is 2. The minimum Gasteiger partial charge on any atom is -0.486 e. The lowest BCUT2D eigenvalue weighted by Crippen LogP contribution is -2.44. The van der Waals surface area contributed by atoms with E-state index in [1.165, 1.54) is 35.2 Å². The van der Waals surface area contributed by atoms with E-state index in [1.54, 1.807) is 12.3 Å². The molecule has 1 aromatic heterocycles. The van der Waals surface area contributed by atoms with Crippen molar-refractivity contribution in [3.05, 3.63) is 29.3 Å². The number of rotatable bonds is 8. The molecular weight excluding hydrogens is 422 g/mol. The number of aromatic nitrogens is 1. The third-order valence-electron chi connectivity index (χ3n) is 3.90. The van der Waals surface area contributed by atoms with Crippen LogP contribution in [0.5, 0.6) is 11.5 Å². The summed E-state index contributed by atoms with van der Waals surface area (Å²) >= 11 is 2.87. The molecule has 2 aromatic rings. The van der Waals surface area contributed by atoms with Gasteiger partial charge >= 0.3 is 0 Å². The number of anilines is 1. The summed E-state index contributed by atoms with van der Waals surface area (Å²) in [6.45, 7) is 2.66. The maximum atomic E-state index is 12.8. The molecule has 2 N–H and O–H groups in total. The third kappa shape index (κ3) is 5.16. The van der Waals surface area contributed by atoms with Crippen molar-refractivity contribution >= 4 is 44.2 Å². The van der Waals surface area contributed by atoms with Crippen LogP contribution in [0.3, 0.4) is 0 Å². The fourth-order valence-electron chi connectivity index (χ4n) is 2.53. The average molecular weight is 444 g/mol. The highest BCUT2D eigenvalue weighted by atomic mass is 32.2. The van der Waals surface area contributed by atoms with Gasteiger partial charge in [0, 0.05) is 17.1 Å². The Morgan fingerprint density at radius 3 is 2.75 bits per heavy atom. The van der Waals surface area contributed by atoms with Crippen molar-refractivity contribution in [3.8, 4) is 11.5 Å². The van der Waals surface area contributed by atoms with Gasteiger partial charge in [-0.05, 0) is 37.5 Å². The summed E-state index contributed by atoms with van der Waals surface area (Å²) < 4.78 is 39.1. The first-order chi connectivity index (χ1) is 13.4. The smallest absolute Gasteiger partial charge is 0.244 e. The van der Waals surface area contributed by atoms with Crippen LogP contribution in [0.1, 0.15) is 11.3 Å². The molecule has 2 heterocycles. The normalized spacial score (nSPS) is 14.5. The Hall–Kier alpha value is -1.82. The van der Waals surface area contributed by atoms with Crippen LogP contribution in [0.15, 0.2) is 29.3 Å². The number of thiazole rings is 1. The fraction of sp³-hybridized carbons (Fsp3) is 0.412. The molecular formula is C17H21N3O5S3. The Bertz CT molecular complexity index is 945. The van der Waals surface area contributed by atoms with E-state index < -0.39 is 22.0 Å². The van der Waals surface area contributed by atoms with E-state index in [0.717, 1.165) is 4.88 Å². The fourth-order valence-corrected chi connectivity index (χ4v) is 4.91. The van der Waals surface area contributed by atoms with Crippen molar-refractivity contribution in [1.29, 1.82) is 0 Å². The van der Waals surface area contributed by atoms with Gasteiger partial charge in [-0.2, -0.15) is 16.5 Å². The highest BCUT2D eigenvalue weighted by Gasteiger charge is 2.27. The number of fused-ring (bicyclic) bond motifs is 1. The number of carbonyl (C=O) groups excluding carboxylic acids is 1. The highest BCUT2D eigenvalue weighted by Crippen LogP contribution is 2.32. The molecule has 0 radical (unpaired) electrons. The minimum absolute atomic E-state index is 0.0174. The molecule has 1 aromatic carbocycles. The molecule has 11 heteroatoms. The number of carbonyl (C=O) groups is 1. The summed E-state index contributed by atoms with van der Waals surface area (Å²) in [5.74, 6) is 1.06. The van der Waals surface area contributed by atoms with Crippen molar-refractivity contribution < 1.29 is 22.7 Å². The molecule has 0 aliphatic carbocycles. The van der Waals surface area contributed by atoms with Crippen molar-refractivity contribution in [2.24, 2.45) is 0 Å². The molecule has 1 atom stereocenters. The zero-order chi connectivity index (χ0) is 20.1. The highest BCUT2D eigenvalue weighted by molar-refractivity contribution is 7.98. The minimum atomic E-state index is -3.93. The standard InChI is InChI=1S/C17H21N3O5S3/c1-11-10-18-17(27-11)19-16(21)13(5-8-26-2)20-28(22,23)12-3-4-14-15(9-12)25-7-6-24-14/h3-4,9-10,13,20H,5-8H2,1-2H3,(H,18,19,21)/t13-/m1/s1. The molecule has 8 nitrogen and oxygen atoms in total. The molecule has 28 heavy (non-hydrogen) atoms. The molecule has 0 saturated carbocycles. The summed E-state index contributed by atoms with van der Waals surface area (Å²) in [6.07, 6.45) is 3.89. The number of amides is 1. The molecule has 0 unspecified atom stereocenters. The van der Waals surface area contributed by atoms with Gasteiger partial charge in [0.15, 0.2) is 16.6 Å². The molecule has 152 valence electrons. The largest absolute Gasteiger partial charge is 0.486 e. The predicted octanol–water partition coefficient (Wildman–Crippen LogP) is 2.26. The molecule has 1 amide bonds. The van der Waals surface area contributed by atoms with Crippen LogP contribution in [0.2, 0.25) is 0 Å². The van der Waals surface area contributed by atoms with Gasteiger partial charge < -0.3 is 14.8 Å². The van der Waals surface area contributed by atoms with Gasteiger partial charge in [-0.15, -0.1) is 11.3 Å². The zero-order valence-corrected chi connectivity index (χ0v) is 17.9. The van der Waals surface area contributed by atoms with E-state index >= 15 is 0 Å². The van der Waals surface area contributed by atoms with Crippen molar-refractivity contribution in [3.63, 3.8) is 0 Å². The molecule has 3 rings (SSSR count). The van der Waals surface area contributed by atoms with Crippen LogP contribution < -0.4 is 19.5 Å². The summed E-state index contributed by atoms with van der Waals surface area (Å²) in [7, 11) is -3.93. The Morgan fingerprint density at radius 2 is 2.07 bits per heavy atom. The second kappa shape index (κ2) is 9.12. The number of nitrogens with zero attached hydrogens (tertiary/aromatic N) is 1. The number of nitrogens with one attached hydrogen (secondary N) is 2. The Kier molecular flexibility index (Phi) is 6.81. The Balaban J connectivity index is 1.77. The number of hydrogen-bond donors (Lipinski definition) is 2. The number of aryl methyl sites for hydroxylation is 1. The monoisotopic (exact) mass is 443 g/mol. The van der Waals surface area contributed by atoms with E-state index in [-0.39, 0.29) is 4.90 Å². The van der Waals surface area contributed by atoms with Gasteiger partial charge in [0.25, 0.3) is 0 Å². The first-order valence-corrected chi connectivity index (χ1v) is 12.2. The zero-order valence-electron chi connectivity index (χ0n) is 15.4. The van der Waals surface area contributed by atoms with Gasteiger partial charge in [0.05, 0.1) is 4.90 Å². The third-order valence-corrected chi connectivity index (χ3v) is 6.84. The number of benzene rings is 1. The van der Waals surface area contributed by atoms with Gasteiger partial charge in [0.2, 0.25) is 15.9 Å². The molecule has 0 spiro atoms. The summed E-state index contributed by atoms with van der Waals surface area (Å²) in [4.78, 5) is 17.7. The molecule has 0 bridgehead atoms. The van der Waals surface area contributed by atoms with Crippen LogP contribution in [-0.4, -0.2) is 50.6 Å². The molecule has 0 fully saturated rings. The maximum absolute atomic E-state index is 12.8. The second-order valence-electron chi connectivity index (χ2n) is 6.03. The van der Waals surface area contributed by atoms with E-state index in [2.05, 4.69) is 15.0 Å². The molecule has 0 saturated heterocycles. The number of hydrogen-bond acceptors (Lipinski definition) is 8. The van der Waals surface area contributed by atoms with Crippen molar-refractivity contribution in [1.82, 2.24) is 9.71 Å². The second-order valence-corrected chi connectivity index (χ2v) is 9.96. The number of thioether (sulfide) groups is 1. The summed E-state index contributed by atoms with van der Waals surface area (Å²) in [5.41, 5.74) is 0. The predicted molar refractivity (Wildman–Crippen MR) is 110 cm³/mol. The van der Waals surface area contributed by atoms with Gasteiger partial charge in [-0.3, -0.25) is 4.79 Å². The van der Waals surface area contributed by atoms with Crippen molar-refractivity contribution in [2.45, 2.75) is 24.3 Å². The maximum Gasteiger partial charge on any atom is 0.244 e. The molecule has 1 aliphatic rings. The SMILES string of the molecule is CSCC[C@@H](NS(=O)(=O)c1ccc2c(c1)OCCO2)C(=O)Nc1ncc(C)s1. The molecule has 1 aliphatic heterocycles. The summed E-state index contributed by atoms with van der Waals surface area (Å²) in [5, 5.41) is 3.12. The van der Waals surface area contributed by atoms with Crippen LogP contribution in [-0.2, 0) is 14.8 Å².